The molecule has 0 heterocycles. The zero-order chi connectivity index (χ0) is 21.1. The highest BCUT2D eigenvalue weighted by Gasteiger charge is 2.10. The van der Waals surface area contributed by atoms with Gasteiger partial charge < -0.3 is 30.5 Å². The second kappa shape index (κ2) is 12.1. The number of esters is 1. The third kappa shape index (κ3) is 8.11. The average molecular weight is 403 g/mol. The number of ether oxygens (including phenoxy) is 1. The van der Waals surface area contributed by atoms with Gasteiger partial charge >= 0.3 is 5.97 Å². The molecule has 0 fully saturated rings. The SMILES string of the molecule is O=C(Cc1cccc(O)c1)OCCCCCNCC(O)c1ccc(O)c(CO)c1. The quantitative estimate of drug-likeness (QED) is 0.272. The van der Waals surface area contributed by atoms with Gasteiger partial charge in [-0.2, -0.15) is 0 Å². The molecule has 0 bridgehead atoms. The van der Waals surface area contributed by atoms with Gasteiger partial charge in [-0.1, -0.05) is 18.2 Å². The van der Waals surface area contributed by atoms with E-state index >= 15 is 0 Å². The lowest BCUT2D eigenvalue weighted by atomic mass is 10.1. The number of nitrogens with one attached hydrogen (secondary N) is 1. The van der Waals surface area contributed by atoms with E-state index < -0.39 is 6.10 Å². The minimum absolute atomic E-state index is 0.0130. The summed E-state index contributed by atoms with van der Waals surface area (Å²) < 4.78 is 5.20. The third-order valence-electron chi connectivity index (χ3n) is 4.52. The van der Waals surface area contributed by atoms with Crippen LogP contribution in [-0.4, -0.2) is 46.1 Å². The van der Waals surface area contributed by atoms with Crippen molar-refractivity contribution in [3.8, 4) is 11.5 Å². The van der Waals surface area contributed by atoms with E-state index in [1.165, 1.54) is 6.07 Å². The molecule has 2 rings (SSSR count). The molecule has 0 saturated heterocycles. The van der Waals surface area contributed by atoms with Crippen molar-refractivity contribution in [1.29, 1.82) is 0 Å². The number of hydrogen-bond donors (Lipinski definition) is 5. The first-order valence-electron chi connectivity index (χ1n) is 9.74. The Bertz CT molecular complexity index is 780. The van der Waals surface area contributed by atoms with Crippen molar-refractivity contribution in [1.82, 2.24) is 5.32 Å². The Morgan fingerprint density at radius 3 is 2.66 bits per heavy atom. The number of phenolic OH excluding ortho intramolecular Hbond substituents is 1. The molecule has 2 aromatic rings. The Balaban J connectivity index is 1.53. The van der Waals surface area contributed by atoms with Crippen LogP contribution in [0, 0.1) is 0 Å². The number of hydrogen-bond acceptors (Lipinski definition) is 7. The minimum Gasteiger partial charge on any atom is -0.508 e. The molecule has 1 unspecified atom stereocenters. The molecule has 0 aliphatic carbocycles. The molecule has 0 aliphatic heterocycles. The molecule has 0 amide bonds. The van der Waals surface area contributed by atoms with E-state index in [0.717, 1.165) is 31.4 Å². The van der Waals surface area contributed by atoms with Gasteiger partial charge in [0.05, 0.1) is 25.7 Å². The fraction of sp³-hybridized carbons (Fsp3) is 0.409. The molecule has 7 nitrogen and oxygen atoms in total. The predicted molar refractivity (Wildman–Crippen MR) is 108 cm³/mol. The minimum atomic E-state index is -0.723. The van der Waals surface area contributed by atoms with Crippen molar-refractivity contribution in [2.75, 3.05) is 19.7 Å². The summed E-state index contributed by atoms with van der Waals surface area (Å²) in [5.74, 6) is -0.167. The molecule has 0 aliphatic rings. The Morgan fingerprint density at radius 1 is 1.07 bits per heavy atom. The van der Waals surface area contributed by atoms with Crippen molar-refractivity contribution >= 4 is 5.97 Å². The monoisotopic (exact) mass is 403 g/mol. The summed E-state index contributed by atoms with van der Waals surface area (Å²) in [6, 6.07) is 11.2. The zero-order valence-electron chi connectivity index (χ0n) is 16.4. The number of aliphatic hydroxyl groups excluding tert-OH is 2. The molecule has 0 spiro atoms. The number of unbranched alkanes of at least 4 members (excludes halogenated alkanes) is 2. The van der Waals surface area contributed by atoms with Gasteiger partial charge in [-0.15, -0.1) is 0 Å². The Morgan fingerprint density at radius 2 is 1.90 bits per heavy atom. The van der Waals surface area contributed by atoms with Crippen LogP contribution in [0.5, 0.6) is 11.5 Å². The number of rotatable bonds is 12. The highest BCUT2D eigenvalue weighted by atomic mass is 16.5. The molecule has 5 N–H and O–H groups in total. The second-order valence-corrected chi connectivity index (χ2v) is 6.89. The smallest absolute Gasteiger partial charge is 0.310 e. The third-order valence-corrected chi connectivity index (χ3v) is 4.52. The van der Waals surface area contributed by atoms with Gasteiger partial charge in [0.2, 0.25) is 0 Å². The first-order valence-corrected chi connectivity index (χ1v) is 9.74. The molecule has 0 radical (unpaired) electrons. The summed E-state index contributed by atoms with van der Waals surface area (Å²) in [5, 5.41) is 41.4. The molecule has 158 valence electrons. The summed E-state index contributed by atoms with van der Waals surface area (Å²) >= 11 is 0. The molecular formula is C22H29NO6. The molecule has 1 atom stereocenters. The molecule has 0 saturated carbocycles. The number of phenols is 2. The predicted octanol–water partition coefficient (Wildman–Crippen LogP) is 2.17. The Kier molecular flexibility index (Phi) is 9.43. The van der Waals surface area contributed by atoms with E-state index in [4.69, 9.17) is 9.84 Å². The fourth-order valence-electron chi connectivity index (χ4n) is 2.89. The Labute approximate surface area is 170 Å². The lowest BCUT2D eigenvalue weighted by Crippen LogP contribution is -2.22. The van der Waals surface area contributed by atoms with E-state index in [1.807, 2.05) is 0 Å². The lowest BCUT2D eigenvalue weighted by Gasteiger charge is -2.14. The van der Waals surface area contributed by atoms with Gasteiger partial charge in [0.15, 0.2) is 0 Å². The molecule has 29 heavy (non-hydrogen) atoms. The molecule has 2 aromatic carbocycles. The molecule has 0 aromatic heterocycles. The second-order valence-electron chi connectivity index (χ2n) is 6.89. The summed E-state index contributed by atoms with van der Waals surface area (Å²) in [6.07, 6.45) is 1.95. The number of aromatic hydroxyl groups is 2. The maximum Gasteiger partial charge on any atom is 0.310 e. The van der Waals surface area contributed by atoms with Gasteiger partial charge in [-0.25, -0.2) is 0 Å². The summed E-state index contributed by atoms with van der Waals surface area (Å²) in [4.78, 5) is 11.8. The standard InChI is InChI=1S/C22H29NO6/c24-15-18-13-17(7-8-20(18)26)21(27)14-23-9-2-1-3-10-29-22(28)12-16-5-4-6-19(25)11-16/h4-8,11,13,21,23-27H,1-3,9-10,12,14-15H2. The van der Waals surface area contributed by atoms with Gasteiger partial charge in [-0.05, 0) is 61.2 Å². The van der Waals surface area contributed by atoms with Crippen molar-refractivity contribution in [3.05, 3.63) is 59.2 Å². The van der Waals surface area contributed by atoms with Gasteiger partial charge in [0.1, 0.15) is 11.5 Å². The van der Waals surface area contributed by atoms with Crippen LogP contribution in [0.1, 0.15) is 42.1 Å². The van der Waals surface area contributed by atoms with Crippen LogP contribution in [0.2, 0.25) is 0 Å². The lowest BCUT2D eigenvalue weighted by molar-refractivity contribution is -0.142. The normalized spacial score (nSPS) is 11.9. The van der Waals surface area contributed by atoms with E-state index in [1.54, 1.807) is 36.4 Å². The van der Waals surface area contributed by atoms with Crippen LogP contribution in [0.3, 0.4) is 0 Å². The number of carbonyl (C=O) groups excluding carboxylic acids is 1. The maximum atomic E-state index is 11.8. The van der Waals surface area contributed by atoms with E-state index in [9.17, 15) is 20.1 Å². The van der Waals surface area contributed by atoms with Crippen molar-refractivity contribution < 1.29 is 30.0 Å². The van der Waals surface area contributed by atoms with Crippen molar-refractivity contribution in [2.45, 2.75) is 38.4 Å². The fourth-order valence-corrected chi connectivity index (χ4v) is 2.89. The van der Waals surface area contributed by atoms with Crippen LogP contribution >= 0.6 is 0 Å². The first-order chi connectivity index (χ1) is 14.0. The maximum absolute atomic E-state index is 11.8. The highest BCUT2D eigenvalue weighted by molar-refractivity contribution is 5.72. The first kappa shape index (κ1) is 22.7. The average Bonchev–Trinajstić information content (AvgIpc) is 2.70. The van der Waals surface area contributed by atoms with E-state index in [2.05, 4.69) is 5.32 Å². The van der Waals surface area contributed by atoms with Crippen LogP contribution in [0.25, 0.3) is 0 Å². The van der Waals surface area contributed by atoms with Crippen molar-refractivity contribution in [3.63, 3.8) is 0 Å². The molecular weight excluding hydrogens is 374 g/mol. The van der Waals surface area contributed by atoms with Crippen LogP contribution < -0.4 is 5.32 Å². The van der Waals surface area contributed by atoms with E-state index in [0.29, 0.717) is 24.3 Å². The van der Waals surface area contributed by atoms with Crippen LogP contribution in [-0.2, 0) is 22.6 Å². The number of benzene rings is 2. The number of aliphatic hydroxyl groups is 2. The largest absolute Gasteiger partial charge is 0.508 e. The topological polar surface area (TPSA) is 119 Å². The summed E-state index contributed by atoms with van der Waals surface area (Å²) in [6.45, 7) is 1.17. The van der Waals surface area contributed by atoms with Crippen LogP contribution in [0.4, 0.5) is 0 Å². The zero-order valence-corrected chi connectivity index (χ0v) is 16.4. The van der Waals surface area contributed by atoms with Crippen molar-refractivity contribution in [2.24, 2.45) is 0 Å². The highest BCUT2D eigenvalue weighted by Crippen LogP contribution is 2.22. The Hall–Kier alpha value is -2.61. The van der Waals surface area contributed by atoms with Gasteiger partial charge in [0, 0.05) is 12.1 Å². The van der Waals surface area contributed by atoms with Crippen LogP contribution in [0.15, 0.2) is 42.5 Å². The van der Waals surface area contributed by atoms with Gasteiger partial charge in [-0.3, -0.25) is 4.79 Å². The van der Waals surface area contributed by atoms with E-state index in [-0.39, 0.29) is 30.5 Å². The number of carbonyl (C=O) groups is 1. The summed E-state index contributed by atoms with van der Waals surface area (Å²) in [7, 11) is 0. The summed E-state index contributed by atoms with van der Waals surface area (Å²) in [5.41, 5.74) is 1.75. The molecule has 7 heteroatoms. The van der Waals surface area contributed by atoms with Gasteiger partial charge in [0.25, 0.3) is 0 Å².